The Kier molecular flexibility index (Phi) is 5.63. The highest BCUT2D eigenvalue weighted by Crippen LogP contribution is 2.36. The van der Waals surface area contributed by atoms with Crippen molar-refractivity contribution in [2.75, 3.05) is 0 Å². The second kappa shape index (κ2) is 7.79. The van der Waals surface area contributed by atoms with Crippen molar-refractivity contribution in [2.24, 2.45) is 5.73 Å². The Bertz CT molecular complexity index is 987. The van der Waals surface area contributed by atoms with Gasteiger partial charge in [-0.25, -0.2) is 0 Å². The molecule has 5 nitrogen and oxygen atoms in total. The fourth-order valence-corrected chi connectivity index (χ4v) is 3.91. The first-order valence-electron chi connectivity index (χ1n) is 8.81. The summed E-state index contributed by atoms with van der Waals surface area (Å²) >= 11 is 12.3. The highest BCUT2D eigenvalue weighted by atomic mass is 35.5. The van der Waals surface area contributed by atoms with Crippen molar-refractivity contribution in [3.63, 3.8) is 0 Å². The van der Waals surface area contributed by atoms with Crippen LogP contribution in [0, 0.1) is 6.92 Å². The topological polar surface area (TPSA) is 74.1 Å². The van der Waals surface area contributed by atoms with E-state index in [0.717, 1.165) is 29.8 Å². The van der Waals surface area contributed by atoms with Gasteiger partial charge in [-0.15, -0.1) is 0 Å². The van der Waals surface area contributed by atoms with E-state index in [1.54, 1.807) is 24.3 Å². The number of primary amides is 1. The van der Waals surface area contributed by atoms with Crippen molar-refractivity contribution in [1.29, 1.82) is 0 Å². The molecule has 0 bridgehead atoms. The summed E-state index contributed by atoms with van der Waals surface area (Å²) in [5.41, 5.74) is 8.97. The Hall–Kier alpha value is -2.24. The van der Waals surface area contributed by atoms with E-state index in [9.17, 15) is 4.79 Å². The maximum Gasteiger partial charge on any atom is 0.250 e. The maximum atomic E-state index is 11.9. The first-order chi connectivity index (χ1) is 12.9. The smallest absolute Gasteiger partial charge is 0.250 e. The quantitative estimate of drug-likeness (QED) is 0.555. The molecule has 3 aromatic rings. The SMILES string of the molecule is CCC(CC)n1c(-c2cc(-c3ccc(Cl)cc3Cl)no2)cc(C(N)=O)c1C. The summed E-state index contributed by atoms with van der Waals surface area (Å²) < 4.78 is 7.71. The predicted octanol–water partition coefficient (Wildman–Crippen LogP) is 5.89. The van der Waals surface area contributed by atoms with Gasteiger partial charge in [-0.1, -0.05) is 42.2 Å². The molecule has 0 atom stereocenters. The Morgan fingerprint density at radius 3 is 2.52 bits per heavy atom. The van der Waals surface area contributed by atoms with Crippen LogP contribution in [0.2, 0.25) is 10.0 Å². The first-order valence-corrected chi connectivity index (χ1v) is 9.57. The molecular formula is C20H21Cl2N3O2. The predicted molar refractivity (Wildman–Crippen MR) is 108 cm³/mol. The minimum absolute atomic E-state index is 0.223. The minimum atomic E-state index is -0.459. The van der Waals surface area contributed by atoms with Gasteiger partial charge in [0.05, 0.1) is 16.3 Å². The second-order valence-corrected chi connectivity index (χ2v) is 7.28. The molecule has 1 aromatic carbocycles. The summed E-state index contributed by atoms with van der Waals surface area (Å²) in [5.74, 6) is 0.0949. The molecule has 1 amide bonds. The van der Waals surface area contributed by atoms with Crippen LogP contribution in [0.15, 0.2) is 34.9 Å². The molecule has 0 saturated carbocycles. The lowest BCUT2D eigenvalue weighted by Crippen LogP contribution is -2.14. The van der Waals surface area contributed by atoms with Crippen LogP contribution in [-0.2, 0) is 0 Å². The third kappa shape index (κ3) is 3.62. The molecule has 0 radical (unpaired) electrons. The zero-order chi connectivity index (χ0) is 19.7. The van der Waals surface area contributed by atoms with Crippen LogP contribution >= 0.6 is 23.2 Å². The van der Waals surface area contributed by atoms with E-state index < -0.39 is 5.91 Å². The van der Waals surface area contributed by atoms with Crippen molar-refractivity contribution in [3.8, 4) is 22.7 Å². The number of rotatable bonds is 6. The highest BCUT2D eigenvalue weighted by molar-refractivity contribution is 6.36. The van der Waals surface area contributed by atoms with Crippen molar-refractivity contribution in [3.05, 3.63) is 51.6 Å². The average Bonchev–Trinajstić information content (AvgIpc) is 3.22. The molecular weight excluding hydrogens is 385 g/mol. The summed E-state index contributed by atoms with van der Waals surface area (Å²) in [6, 6.07) is 9.01. The molecule has 2 heterocycles. The molecule has 2 N–H and O–H groups in total. The lowest BCUT2D eigenvalue weighted by molar-refractivity contribution is 0.0999. The van der Waals surface area contributed by atoms with Gasteiger partial charge in [0.1, 0.15) is 5.69 Å². The number of nitrogens with zero attached hydrogens (tertiary/aromatic N) is 2. The fraction of sp³-hybridized carbons (Fsp3) is 0.300. The third-order valence-electron chi connectivity index (χ3n) is 4.83. The lowest BCUT2D eigenvalue weighted by Gasteiger charge is -2.20. The zero-order valence-corrected chi connectivity index (χ0v) is 16.9. The van der Waals surface area contributed by atoms with E-state index in [0.29, 0.717) is 27.1 Å². The summed E-state index contributed by atoms with van der Waals surface area (Å²) in [5, 5.41) is 5.20. The van der Waals surface area contributed by atoms with E-state index in [1.807, 2.05) is 13.0 Å². The minimum Gasteiger partial charge on any atom is -0.366 e. The lowest BCUT2D eigenvalue weighted by atomic mass is 10.1. The maximum absolute atomic E-state index is 11.9. The summed E-state index contributed by atoms with van der Waals surface area (Å²) in [6.45, 7) is 6.12. The molecule has 2 aromatic heterocycles. The van der Waals surface area contributed by atoms with Gasteiger partial charge in [-0.3, -0.25) is 4.79 Å². The molecule has 0 aliphatic carbocycles. The van der Waals surface area contributed by atoms with Crippen molar-refractivity contribution in [1.82, 2.24) is 9.72 Å². The Labute approximate surface area is 168 Å². The molecule has 0 unspecified atom stereocenters. The largest absolute Gasteiger partial charge is 0.366 e. The Balaban J connectivity index is 2.13. The number of aromatic nitrogens is 2. The van der Waals surface area contributed by atoms with Crippen LogP contribution in [-0.4, -0.2) is 15.6 Å². The highest BCUT2D eigenvalue weighted by Gasteiger charge is 2.23. The molecule has 3 rings (SSSR count). The number of amides is 1. The molecule has 0 aliphatic rings. The van der Waals surface area contributed by atoms with E-state index >= 15 is 0 Å². The van der Waals surface area contributed by atoms with Gasteiger partial charge < -0.3 is 14.8 Å². The van der Waals surface area contributed by atoms with Gasteiger partial charge in [0.25, 0.3) is 5.91 Å². The van der Waals surface area contributed by atoms with E-state index in [1.165, 1.54) is 0 Å². The van der Waals surface area contributed by atoms with Crippen molar-refractivity contribution in [2.45, 2.75) is 39.7 Å². The van der Waals surface area contributed by atoms with Crippen LogP contribution in [0.1, 0.15) is 48.8 Å². The average molecular weight is 406 g/mol. The standard InChI is InChI=1S/C20H21Cl2N3O2/c1-4-13(5-2)25-11(3)15(20(23)26)9-18(25)19-10-17(24-27-19)14-7-6-12(21)8-16(14)22/h6-10,13H,4-5H2,1-3H3,(H2,23,26). The Morgan fingerprint density at radius 2 is 1.93 bits per heavy atom. The van der Waals surface area contributed by atoms with E-state index in [4.69, 9.17) is 33.5 Å². The van der Waals surface area contributed by atoms with Crippen LogP contribution in [0.5, 0.6) is 0 Å². The molecule has 0 aliphatic heterocycles. The number of halogens is 2. The van der Waals surface area contributed by atoms with Crippen LogP contribution in [0.25, 0.3) is 22.7 Å². The molecule has 0 saturated heterocycles. The number of nitrogens with two attached hydrogens (primary N) is 1. The van der Waals surface area contributed by atoms with E-state index in [-0.39, 0.29) is 6.04 Å². The summed E-state index contributed by atoms with van der Waals surface area (Å²) in [6.07, 6.45) is 1.84. The third-order valence-corrected chi connectivity index (χ3v) is 5.38. The van der Waals surface area contributed by atoms with Gasteiger partial charge in [-0.05, 0) is 44.0 Å². The number of hydrogen-bond acceptors (Lipinski definition) is 3. The fourth-order valence-electron chi connectivity index (χ4n) is 3.40. The molecule has 0 spiro atoms. The normalized spacial score (nSPS) is 11.3. The van der Waals surface area contributed by atoms with Crippen LogP contribution in [0.4, 0.5) is 0 Å². The molecule has 27 heavy (non-hydrogen) atoms. The van der Waals surface area contributed by atoms with Gasteiger partial charge in [0.15, 0.2) is 5.76 Å². The number of benzene rings is 1. The van der Waals surface area contributed by atoms with Crippen molar-refractivity contribution >= 4 is 29.1 Å². The van der Waals surface area contributed by atoms with Crippen LogP contribution < -0.4 is 5.73 Å². The molecule has 0 fully saturated rings. The van der Waals surface area contributed by atoms with Gasteiger partial charge >= 0.3 is 0 Å². The number of hydrogen-bond donors (Lipinski definition) is 1. The van der Waals surface area contributed by atoms with Gasteiger partial charge in [-0.2, -0.15) is 0 Å². The van der Waals surface area contributed by atoms with E-state index in [2.05, 4.69) is 23.6 Å². The number of carbonyl (C=O) groups is 1. The van der Waals surface area contributed by atoms with Gasteiger partial charge in [0.2, 0.25) is 0 Å². The summed E-state index contributed by atoms with van der Waals surface area (Å²) in [7, 11) is 0. The molecule has 7 heteroatoms. The monoisotopic (exact) mass is 405 g/mol. The van der Waals surface area contributed by atoms with Crippen molar-refractivity contribution < 1.29 is 9.32 Å². The Morgan fingerprint density at radius 1 is 1.22 bits per heavy atom. The van der Waals surface area contributed by atoms with Crippen LogP contribution in [0.3, 0.4) is 0 Å². The molecule has 142 valence electrons. The summed E-state index contributed by atoms with van der Waals surface area (Å²) in [4.78, 5) is 11.9. The second-order valence-electron chi connectivity index (χ2n) is 6.43. The zero-order valence-electron chi connectivity index (χ0n) is 15.4. The first kappa shape index (κ1) is 19.5. The van der Waals surface area contributed by atoms with Gasteiger partial charge in [0, 0.05) is 28.4 Å². The number of carbonyl (C=O) groups excluding carboxylic acids is 1.